The average Bonchev–Trinajstić information content (AvgIpc) is 4.11. The number of nitrogens with zero attached hydrogens (tertiary/aromatic N) is 3. The van der Waals surface area contributed by atoms with E-state index in [0.29, 0.717) is 0 Å². The van der Waals surface area contributed by atoms with Gasteiger partial charge in [-0.3, -0.25) is 4.98 Å². The molecule has 0 aliphatic heterocycles. The van der Waals surface area contributed by atoms with Crippen molar-refractivity contribution in [3.05, 3.63) is 213 Å². The molecule has 0 atom stereocenters. The number of pyridine rings is 1. The molecule has 0 spiro atoms. The second-order valence-corrected chi connectivity index (χ2v) is 16.7. The number of fused-ring (bicyclic) bond motifs is 12. The van der Waals surface area contributed by atoms with Gasteiger partial charge in [0, 0.05) is 78.0 Å². The van der Waals surface area contributed by atoms with Crippen LogP contribution in [0.5, 0.6) is 0 Å². The highest BCUT2D eigenvalue weighted by Gasteiger charge is 2.19. The van der Waals surface area contributed by atoms with Crippen molar-refractivity contribution >= 4 is 87.5 Å². The van der Waals surface area contributed by atoms with Crippen molar-refractivity contribution in [1.29, 1.82) is 0 Å². The molecule has 0 saturated carbocycles. The topological polar surface area (TPSA) is 49.0 Å². The second-order valence-electron chi connectivity index (χ2n) is 16.7. The Morgan fingerprint density at radius 2 is 0.844 bits per heavy atom. The summed E-state index contributed by atoms with van der Waals surface area (Å²) in [4.78, 5) is 4.88. The lowest BCUT2D eigenvalue weighted by Crippen LogP contribution is -1.94. The summed E-state index contributed by atoms with van der Waals surface area (Å²) in [6.07, 6.45) is 3.98. The first-order chi connectivity index (χ1) is 31.7. The van der Waals surface area contributed by atoms with E-state index < -0.39 is 0 Å². The molecular weight excluding hydrogens is 783 g/mol. The van der Waals surface area contributed by atoms with Crippen molar-refractivity contribution in [3.8, 4) is 44.8 Å². The maximum Gasteiger partial charge on any atom is 0.135 e. The number of benzene rings is 9. The van der Waals surface area contributed by atoms with Crippen LogP contribution in [-0.2, 0) is 0 Å². The van der Waals surface area contributed by atoms with E-state index >= 15 is 0 Å². The predicted octanol–water partition coefficient (Wildman–Crippen LogP) is 16.1. The maximum atomic E-state index is 6.47. The van der Waals surface area contributed by atoms with Crippen LogP contribution in [0.4, 0.5) is 0 Å². The monoisotopic (exact) mass is 817 g/mol. The summed E-state index contributed by atoms with van der Waals surface area (Å²) in [6.45, 7) is 0. The van der Waals surface area contributed by atoms with Gasteiger partial charge in [-0.25, -0.2) is 0 Å². The van der Waals surface area contributed by atoms with Crippen LogP contribution >= 0.6 is 0 Å². The van der Waals surface area contributed by atoms with Crippen molar-refractivity contribution in [1.82, 2.24) is 14.1 Å². The molecule has 5 heterocycles. The van der Waals surface area contributed by atoms with Crippen molar-refractivity contribution in [3.63, 3.8) is 0 Å². The molecule has 14 rings (SSSR count). The first kappa shape index (κ1) is 35.0. The van der Waals surface area contributed by atoms with Gasteiger partial charge in [0.1, 0.15) is 22.3 Å². The zero-order valence-corrected chi connectivity index (χ0v) is 34.4. The van der Waals surface area contributed by atoms with Crippen molar-refractivity contribution < 1.29 is 8.83 Å². The molecule has 5 heteroatoms. The van der Waals surface area contributed by atoms with Gasteiger partial charge >= 0.3 is 0 Å². The Labute approximate surface area is 366 Å². The summed E-state index contributed by atoms with van der Waals surface area (Å²) in [5.74, 6) is 0. The van der Waals surface area contributed by atoms with Crippen LogP contribution in [0.3, 0.4) is 0 Å². The third-order valence-corrected chi connectivity index (χ3v) is 13.2. The van der Waals surface area contributed by atoms with Crippen molar-refractivity contribution in [2.24, 2.45) is 0 Å². The van der Waals surface area contributed by atoms with E-state index in [4.69, 9.17) is 13.8 Å². The Morgan fingerprint density at radius 1 is 0.297 bits per heavy atom. The van der Waals surface area contributed by atoms with Crippen LogP contribution in [0.15, 0.2) is 221 Å². The highest BCUT2D eigenvalue weighted by Crippen LogP contribution is 2.42. The molecule has 0 amide bonds. The lowest BCUT2D eigenvalue weighted by Gasteiger charge is -2.11. The van der Waals surface area contributed by atoms with E-state index in [2.05, 4.69) is 197 Å². The van der Waals surface area contributed by atoms with Gasteiger partial charge in [0.05, 0.1) is 22.1 Å². The minimum Gasteiger partial charge on any atom is -0.456 e. The summed E-state index contributed by atoms with van der Waals surface area (Å²) in [7, 11) is 0. The molecule has 14 aromatic rings. The molecule has 0 saturated heterocycles. The first-order valence-corrected chi connectivity index (χ1v) is 21.7. The number of hydrogen-bond donors (Lipinski definition) is 0. The first-order valence-electron chi connectivity index (χ1n) is 21.7. The summed E-state index contributed by atoms with van der Waals surface area (Å²) in [5.41, 5.74) is 17.0. The zero-order chi connectivity index (χ0) is 41.9. The maximum absolute atomic E-state index is 6.47. The van der Waals surface area contributed by atoms with Crippen LogP contribution in [0, 0.1) is 0 Å². The third-order valence-electron chi connectivity index (χ3n) is 13.2. The minimum absolute atomic E-state index is 0.860. The molecule has 0 bridgehead atoms. The number of rotatable bonds is 5. The fraction of sp³-hybridized carbons (Fsp3) is 0. The molecule has 298 valence electrons. The fourth-order valence-corrected chi connectivity index (χ4v) is 10.3. The number of para-hydroxylation sites is 4. The molecule has 9 aromatic carbocycles. The van der Waals surface area contributed by atoms with Crippen LogP contribution in [0.1, 0.15) is 0 Å². The van der Waals surface area contributed by atoms with Gasteiger partial charge in [0.15, 0.2) is 0 Å². The van der Waals surface area contributed by atoms with Gasteiger partial charge < -0.3 is 18.0 Å². The van der Waals surface area contributed by atoms with Crippen LogP contribution in [0.2, 0.25) is 0 Å². The highest BCUT2D eigenvalue weighted by molar-refractivity contribution is 6.17. The molecule has 0 aliphatic carbocycles. The van der Waals surface area contributed by atoms with Crippen LogP contribution in [0.25, 0.3) is 132 Å². The summed E-state index contributed by atoms with van der Waals surface area (Å²) in [6, 6.07) is 71.5. The van der Waals surface area contributed by atoms with Gasteiger partial charge in [-0.05, 0) is 113 Å². The summed E-state index contributed by atoms with van der Waals surface area (Å²) >= 11 is 0. The van der Waals surface area contributed by atoms with Gasteiger partial charge in [-0.2, -0.15) is 0 Å². The molecule has 5 aromatic heterocycles. The molecule has 0 radical (unpaired) electrons. The predicted molar refractivity (Wildman–Crippen MR) is 264 cm³/mol. The van der Waals surface area contributed by atoms with Crippen LogP contribution in [-0.4, -0.2) is 14.1 Å². The Hall–Kier alpha value is -8.67. The number of furan rings is 2. The van der Waals surface area contributed by atoms with Crippen molar-refractivity contribution in [2.45, 2.75) is 0 Å². The Bertz CT molecular complexity index is 4200. The molecule has 0 fully saturated rings. The summed E-state index contributed by atoms with van der Waals surface area (Å²) < 4.78 is 17.4. The SMILES string of the molecule is c1ccc(-n2c3ccccc3c3ccc(-c4cncc(-c5cccc6c5c5ccccc5n6-c5ccc6oc7ccc(-c8ccc9oc%10ccccc%10c9c8)cc7c6c5)c4)cc32)cc1. The Kier molecular flexibility index (Phi) is 7.33. The van der Waals surface area contributed by atoms with Gasteiger partial charge in [0.2, 0.25) is 0 Å². The lowest BCUT2D eigenvalue weighted by molar-refractivity contribution is 0.668. The Morgan fingerprint density at radius 3 is 1.64 bits per heavy atom. The van der Waals surface area contributed by atoms with E-state index in [1.54, 1.807) is 0 Å². The van der Waals surface area contributed by atoms with Crippen LogP contribution < -0.4 is 0 Å². The van der Waals surface area contributed by atoms with Gasteiger partial charge in [0.25, 0.3) is 0 Å². The second kappa shape index (κ2) is 13.4. The Balaban J connectivity index is 0.900. The van der Waals surface area contributed by atoms with E-state index in [1.165, 1.54) is 32.6 Å². The molecular formula is C59H35N3O2. The number of hydrogen-bond acceptors (Lipinski definition) is 3. The normalized spacial score (nSPS) is 12.1. The van der Waals surface area contributed by atoms with Gasteiger partial charge in [-0.15, -0.1) is 0 Å². The molecule has 0 unspecified atom stereocenters. The standard InChI is InChI=1S/C59H35N3O2/c1-2-11-41(12-3-1)61-51-17-7-4-13-44(51)45-25-21-38(32-54(45)61)39-29-40(35-60-34-39)43-16-10-19-53-59(43)47-15-5-8-18-52(47)62(53)42-24-28-58-50(33-42)49-31-37(23-27-57(49)64-58)36-22-26-56-48(30-36)46-14-6-9-20-55(46)63-56/h1-35H. The quantitative estimate of drug-likeness (QED) is 0.174. The number of aromatic nitrogens is 3. The fourth-order valence-electron chi connectivity index (χ4n) is 10.3. The van der Waals surface area contributed by atoms with E-state index in [1.807, 2.05) is 24.5 Å². The average molecular weight is 818 g/mol. The molecule has 0 aliphatic rings. The highest BCUT2D eigenvalue weighted by atomic mass is 16.3. The van der Waals surface area contributed by atoms with E-state index in [9.17, 15) is 0 Å². The molecule has 5 nitrogen and oxygen atoms in total. The largest absolute Gasteiger partial charge is 0.456 e. The molecule has 64 heavy (non-hydrogen) atoms. The smallest absolute Gasteiger partial charge is 0.135 e. The van der Waals surface area contributed by atoms with E-state index in [-0.39, 0.29) is 0 Å². The van der Waals surface area contributed by atoms with E-state index in [0.717, 1.165) is 99.7 Å². The minimum atomic E-state index is 0.860. The van der Waals surface area contributed by atoms with Crippen molar-refractivity contribution in [2.75, 3.05) is 0 Å². The molecule has 0 N–H and O–H groups in total. The lowest BCUT2D eigenvalue weighted by atomic mass is 9.97. The summed E-state index contributed by atoms with van der Waals surface area (Å²) in [5, 5.41) is 9.25. The third kappa shape index (κ3) is 5.15. The zero-order valence-electron chi connectivity index (χ0n) is 34.4. The van der Waals surface area contributed by atoms with Gasteiger partial charge in [-0.1, -0.05) is 109 Å².